The number of nitrogens with one attached hydrogen (secondary N) is 1. The molecule has 0 saturated heterocycles. The smallest absolute Gasteiger partial charge is 0.274 e. The van der Waals surface area contributed by atoms with Gasteiger partial charge in [0.1, 0.15) is 11.5 Å². The maximum atomic E-state index is 13.5. The third kappa shape index (κ3) is 5.50. The minimum absolute atomic E-state index is 0. The molecule has 1 saturated carbocycles. The molecule has 33 heavy (non-hydrogen) atoms. The van der Waals surface area contributed by atoms with E-state index in [1.165, 1.54) is 6.42 Å². The highest BCUT2D eigenvalue weighted by Gasteiger charge is 2.31. The van der Waals surface area contributed by atoms with E-state index in [9.17, 15) is 4.79 Å². The maximum absolute atomic E-state index is 13.5. The Labute approximate surface area is 215 Å². The van der Waals surface area contributed by atoms with Crippen molar-refractivity contribution in [1.29, 1.82) is 0 Å². The number of benzene rings is 2. The molecule has 0 radical (unpaired) electrons. The lowest BCUT2D eigenvalue weighted by Gasteiger charge is -2.37. The van der Waals surface area contributed by atoms with Crippen LogP contribution in [0.1, 0.15) is 36.2 Å². The van der Waals surface area contributed by atoms with Crippen molar-refractivity contribution in [2.75, 3.05) is 14.1 Å². The molecule has 3 aromatic rings. The van der Waals surface area contributed by atoms with E-state index >= 15 is 0 Å². The number of halogens is 4. The fraction of sp³-hybridized carbons (Fsp3) is 0.333. The summed E-state index contributed by atoms with van der Waals surface area (Å²) in [4.78, 5) is 20.0. The monoisotopic (exact) mass is 526 g/mol. The SMILES string of the molecule is CN[C@H]1CCCC[C@@H]1N(C)C(=O)c1cn(-c2ccc(Cl)cc2)c(-c2ccc(Cl)cc2Cl)n1.Cl. The summed E-state index contributed by atoms with van der Waals surface area (Å²) in [5.74, 6) is 0.454. The van der Waals surface area contributed by atoms with Gasteiger partial charge in [0.05, 0.1) is 5.02 Å². The van der Waals surface area contributed by atoms with Crippen LogP contribution >= 0.6 is 47.2 Å². The molecule has 9 heteroatoms. The quantitative estimate of drug-likeness (QED) is 0.410. The molecule has 1 amide bonds. The zero-order valence-corrected chi connectivity index (χ0v) is 21.5. The molecule has 2 aromatic carbocycles. The highest BCUT2D eigenvalue weighted by Crippen LogP contribution is 2.32. The Morgan fingerprint density at radius 2 is 1.73 bits per heavy atom. The Kier molecular flexibility index (Phi) is 8.70. The van der Waals surface area contributed by atoms with Crippen molar-refractivity contribution in [3.63, 3.8) is 0 Å². The second-order valence-corrected chi connectivity index (χ2v) is 9.36. The molecule has 1 heterocycles. The van der Waals surface area contributed by atoms with Crippen molar-refractivity contribution in [3.05, 3.63) is 69.4 Å². The second kappa shape index (κ2) is 11.1. The minimum Gasteiger partial charge on any atom is -0.336 e. The molecular formula is C24H26Cl4N4O. The van der Waals surface area contributed by atoms with Gasteiger partial charge in [-0.25, -0.2) is 4.98 Å². The zero-order chi connectivity index (χ0) is 22.8. The molecule has 0 spiro atoms. The van der Waals surface area contributed by atoms with Crippen molar-refractivity contribution in [2.45, 2.75) is 37.8 Å². The normalized spacial score (nSPS) is 18.0. The number of carbonyl (C=O) groups excluding carboxylic acids is 1. The van der Waals surface area contributed by atoms with Gasteiger partial charge in [0.15, 0.2) is 0 Å². The lowest BCUT2D eigenvalue weighted by atomic mass is 9.89. The molecule has 1 N–H and O–H groups in total. The molecular weight excluding hydrogens is 502 g/mol. The molecule has 0 aliphatic heterocycles. The highest BCUT2D eigenvalue weighted by atomic mass is 35.5. The molecule has 2 atom stereocenters. The van der Waals surface area contributed by atoms with Gasteiger partial charge in [0, 0.05) is 46.6 Å². The van der Waals surface area contributed by atoms with Gasteiger partial charge in [0.2, 0.25) is 0 Å². The number of carbonyl (C=O) groups is 1. The van der Waals surface area contributed by atoms with Crippen molar-refractivity contribution in [3.8, 4) is 17.1 Å². The first kappa shape index (κ1) is 25.9. The van der Waals surface area contributed by atoms with Crippen molar-refractivity contribution < 1.29 is 4.79 Å². The molecule has 4 rings (SSSR count). The molecule has 1 aliphatic rings. The van der Waals surface area contributed by atoms with Gasteiger partial charge in [-0.3, -0.25) is 9.36 Å². The van der Waals surface area contributed by atoms with Crippen LogP contribution in [0.2, 0.25) is 15.1 Å². The van der Waals surface area contributed by atoms with Gasteiger partial charge in [-0.1, -0.05) is 47.6 Å². The van der Waals surface area contributed by atoms with Crippen LogP contribution in [0, 0.1) is 0 Å². The Bertz CT molecular complexity index is 1120. The summed E-state index contributed by atoms with van der Waals surface area (Å²) in [6, 6.07) is 13.0. The maximum Gasteiger partial charge on any atom is 0.274 e. The fourth-order valence-corrected chi connectivity index (χ4v) is 5.00. The second-order valence-electron chi connectivity index (χ2n) is 8.08. The molecule has 1 aliphatic carbocycles. The number of likely N-dealkylation sites (N-methyl/N-ethyl adjacent to an activating group) is 2. The van der Waals surface area contributed by atoms with Crippen molar-refractivity contribution in [2.24, 2.45) is 0 Å². The zero-order valence-electron chi connectivity index (χ0n) is 18.4. The van der Waals surface area contributed by atoms with Gasteiger partial charge < -0.3 is 10.2 Å². The topological polar surface area (TPSA) is 50.2 Å². The number of imidazole rings is 1. The summed E-state index contributed by atoms with van der Waals surface area (Å²) < 4.78 is 1.86. The predicted octanol–water partition coefficient (Wildman–Crippen LogP) is 6.52. The van der Waals surface area contributed by atoms with Gasteiger partial charge in [-0.15, -0.1) is 12.4 Å². The number of rotatable bonds is 5. The van der Waals surface area contributed by atoms with Gasteiger partial charge in [0.25, 0.3) is 5.91 Å². The molecule has 1 fully saturated rings. The lowest BCUT2D eigenvalue weighted by Crippen LogP contribution is -2.51. The molecule has 0 bridgehead atoms. The van der Waals surface area contributed by atoms with E-state index in [1.807, 2.05) is 41.8 Å². The summed E-state index contributed by atoms with van der Waals surface area (Å²) in [6.45, 7) is 0. The third-order valence-electron chi connectivity index (χ3n) is 6.12. The minimum atomic E-state index is -0.115. The highest BCUT2D eigenvalue weighted by molar-refractivity contribution is 6.36. The predicted molar refractivity (Wildman–Crippen MR) is 138 cm³/mol. The van der Waals surface area contributed by atoms with E-state index in [0.717, 1.165) is 24.9 Å². The van der Waals surface area contributed by atoms with E-state index in [4.69, 9.17) is 39.8 Å². The van der Waals surface area contributed by atoms with Crippen LogP contribution < -0.4 is 5.32 Å². The average Bonchev–Trinajstić information content (AvgIpc) is 3.23. The number of nitrogens with zero attached hydrogens (tertiary/aromatic N) is 3. The number of hydrogen-bond donors (Lipinski definition) is 1. The van der Waals surface area contributed by atoms with Crippen LogP contribution in [0.5, 0.6) is 0 Å². The average molecular weight is 528 g/mol. The Balaban J connectivity index is 0.00000306. The summed E-state index contributed by atoms with van der Waals surface area (Å²) in [7, 11) is 3.82. The Morgan fingerprint density at radius 3 is 2.39 bits per heavy atom. The van der Waals surface area contributed by atoms with Crippen LogP contribution in [0.15, 0.2) is 48.7 Å². The van der Waals surface area contributed by atoms with E-state index in [1.54, 1.807) is 30.5 Å². The van der Waals surface area contributed by atoms with E-state index in [2.05, 4.69) is 5.32 Å². The van der Waals surface area contributed by atoms with Crippen molar-refractivity contribution >= 4 is 53.1 Å². The van der Waals surface area contributed by atoms with E-state index in [-0.39, 0.29) is 30.4 Å². The molecule has 176 valence electrons. The van der Waals surface area contributed by atoms with Crippen molar-refractivity contribution in [1.82, 2.24) is 19.8 Å². The van der Waals surface area contributed by atoms with Crippen LogP contribution in [-0.2, 0) is 0 Å². The summed E-state index contributed by atoms with van der Waals surface area (Å²) >= 11 is 18.7. The van der Waals surface area contributed by atoms with Crippen LogP contribution in [0.25, 0.3) is 17.1 Å². The van der Waals surface area contributed by atoms with E-state index < -0.39 is 0 Å². The van der Waals surface area contributed by atoms with Crippen LogP contribution in [0.3, 0.4) is 0 Å². The van der Waals surface area contributed by atoms with Crippen LogP contribution in [-0.4, -0.2) is 46.5 Å². The first-order valence-electron chi connectivity index (χ1n) is 10.6. The Morgan fingerprint density at radius 1 is 1.06 bits per heavy atom. The van der Waals surface area contributed by atoms with E-state index in [0.29, 0.717) is 32.1 Å². The fourth-order valence-electron chi connectivity index (χ4n) is 4.39. The largest absolute Gasteiger partial charge is 0.336 e. The van der Waals surface area contributed by atoms with Gasteiger partial charge in [-0.05, 0) is 62.4 Å². The van der Waals surface area contributed by atoms with Gasteiger partial charge >= 0.3 is 0 Å². The standard InChI is InChI=1S/C24H25Cl3N4O.ClH/c1-28-20-5-3-4-6-22(20)30(2)24(32)21-14-31(17-10-7-15(25)8-11-17)23(29-21)18-12-9-16(26)13-19(18)27;/h7-14,20,22,28H,3-6H2,1-2H3;1H/t20-,22-;/m0./s1. The number of amides is 1. The third-order valence-corrected chi connectivity index (χ3v) is 6.92. The first-order valence-corrected chi connectivity index (χ1v) is 11.8. The number of aromatic nitrogens is 2. The summed E-state index contributed by atoms with van der Waals surface area (Å²) in [5, 5.41) is 5.00. The van der Waals surface area contributed by atoms with Crippen LogP contribution in [0.4, 0.5) is 0 Å². The number of hydrogen-bond acceptors (Lipinski definition) is 3. The molecule has 5 nitrogen and oxygen atoms in total. The lowest BCUT2D eigenvalue weighted by molar-refractivity contribution is 0.0649. The Hall–Kier alpha value is -1.76. The molecule has 1 aromatic heterocycles. The summed E-state index contributed by atoms with van der Waals surface area (Å²) in [6.07, 6.45) is 6.09. The summed E-state index contributed by atoms with van der Waals surface area (Å²) in [5.41, 5.74) is 1.89. The first-order chi connectivity index (χ1) is 15.4. The molecule has 0 unspecified atom stereocenters. The van der Waals surface area contributed by atoms with Gasteiger partial charge in [-0.2, -0.15) is 0 Å².